The van der Waals surface area contributed by atoms with Gasteiger partial charge in [-0.2, -0.15) is 0 Å². The molecule has 0 saturated carbocycles. The molecule has 1 aliphatic rings. The first-order chi connectivity index (χ1) is 17.7. The lowest BCUT2D eigenvalue weighted by molar-refractivity contribution is -0.126. The van der Waals surface area contributed by atoms with Crippen LogP contribution in [0.2, 0.25) is 0 Å². The number of aryl methyl sites for hydroxylation is 1. The molecule has 6 heteroatoms. The van der Waals surface area contributed by atoms with Crippen molar-refractivity contribution in [2.24, 2.45) is 7.05 Å². The van der Waals surface area contributed by atoms with E-state index in [0.717, 1.165) is 39.0 Å². The number of carbonyl (C=O) groups is 1. The number of methoxy groups -OCH3 is 2. The quantitative estimate of drug-likeness (QED) is 0.403. The second-order valence-electron chi connectivity index (χ2n) is 8.28. The number of hydrogen-bond acceptors (Lipinski definition) is 4. The number of rotatable bonds is 5. The van der Waals surface area contributed by atoms with E-state index in [1.807, 2.05) is 60.2 Å². The maximum atomic E-state index is 13.3. The van der Waals surface area contributed by atoms with Crippen LogP contribution in [0, 0.1) is 0 Å². The molecule has 0 bridgehead atoms. The molecular weight excluding hydrogens is 426 g/mol. The monoisotopic (exact) mass is 456 g/mol. The van der Waals surface area contributed by atoms with Gasteiger partial charge in [-0.25, -0.2) is 4.98 Å². The van der Waals surface area contributed by atoms with E-state index < -0.39 is 7.04 Å². The van der Waals surface area contributed by atoms with Crippen molar-refractivity contribution in [3.63, 3.8) is 0 Å². The number of amides is 1. The summed E-state index contributed by atoms with van der Waals surface area (Å²) in [6.07, 6.45) is 5.86. The van der Waals surface area contributed by atoms with E-state index in [4.69, 9.17) is 13.6 Å². The Balaban J connectivity index is 1.44. The van der Waals surface area contributed by atoms with Gasteiger partial charge < -0.3 is 18.9 Å². The average Bonchev–Trinajstić information content (AvgIpc) is 3.17. The third kappa shape index (κ3) is 3.81. The van der Waals surface area contributed by atoms with E-state index in [-0.39, 0.29) is 11.7 Å². The normalized spacial score (nSPS) is 15.0. The van der Waals surface area contributed by atoms with Gasteiger partial charge in [0.25, 0.3) is 0 Å². The molecule has 6 nitrogen and oxygen atoms in total. The number of pyridine rings is 1. The van der Waals surface area contributed by atoms with Crippen molar-refractivity contribution in [2.45, 2.75) is 13.0 Å². The second kappa shape index (κ2) is 9.06. The van der Waals surface area contributed by atoms with Gasteiger partial charge in [0.2, 0.25) is 5.91 Å². The number of benzene rings is 2. The highest BCUT2D eigenvalue weighted by molar-refractivity contribution is 6.00. The molecule has 1 amide bonds. The minimum atomic E-state index is -2.60. The molecule has 0 fully saturated rings. The summed E-state index contributed by atoms with van der Waals surface area (Å²) in [5, 5.41) is 0.968. The SMILES string of the molecule is [2H]C([2H])([2H])Oc1cc2c(cc1OC)CCN(C(=O)/C=C/c1c(-c3ccccc3)n(C)c3ncccc13)C2. The number of ether oxygens (including phenoxy) is 2. The average molecular weight is 457 g/mol. The van der Waals surface area contributed by atoms with Crippen LogP contribution in [-0.4, -0.2) is 41.1 Å². The molecule has 3 heterocycles. The lowest BCUT2D eigenvalue weighted by Gasteiger charge is -2.28. The van der Waals surface area contributed by atoms with Crippen LogP contribution >= 0.6 is 0 Å². The third-order valence-corrected chi connectivity index (χ3v) is 6.34. The van der Waals surface area contributed by atoms with Crippen molar-refractivity contribution in [3.8, 4) is 22.8 Å². The van der Waals surface area contributed by atoms with Crippen LogP contribution < -0.4 is 9.47 Å². The van der Waals surface area contributed by atoms with Gasteiger partial charge in [-0.1, -0.05) is 30.3 Å². The molecule has 0 atom stereocenters. The van der Waals surface area contributed by atoms with Crippen LogP contribution in [0.15, 0.2) is 66.9 Å². The van der Waals surface area contributed by atoms with E-state index in [1.54, 1.807) is 29.3 Å². The van der Waals surface area contributed by atoms with Crippen LogP contribution in [-0.2, 0) is 24.8 Å². The maximum absolute atomic E-state index is 13.3. The summed E-state index contributed by atoms with van der Waals surface area (Å²) in [7, 11) is 0.855. The van der Waals surface area contributed by atoms with Gasteiger partial charge in [-0.05, 0) is 53.5 Å². The number of hydrogen-bond donors (Lipinski definition) is 0. The molecule has 0 N–H and O–H groups in total. The second-order valence-corrected chi connectivity index (χ2v) is 8.28. The van der Waals surface area contributed by atoms with Gasteiger partial charge in [0, 0.05) is 43.4 Å². The van der Waals surface area contributed by atoms with Crippen molar-refractivity contribution in [1.82, 2.24) is 14.5 Å². The molecule has 0 radical (unpaired) electrons. The summed E-state index contributed by atoms with van der Waals surface area (Å²) >= 11 is 0. The Bertz CT molecular complexity index is 1490. The van der Waals surface area contributed by atoms with Crippen LogP contribution in [0.1, 0.15) is 20.8 Å². The van der Waals surface area contributed by atoms with Crippen molar-refractivity contribution >= 4 is 23.0 Å². The Morgan fingerprint density at radius 2 is 1.88 bits per heavy atom. The highest BCUT2D eigenvalue weighted by Gasteiger charge is 2.22. The van der Waals surface area contributed by atoms with E-state index in [2.05, 4.69) is 4.98 Å². The lowest BCUT2D eigenvalue weighted by atomic mass is 9.98. The topological polar surface area (TPSA) is 56.6 Å². The molecule has 4 aromatic rings. The molecule has 0 saturated heterocycles. The van der Waals surface area contributed by atoms with Crippen LogP contribution in [0.4, 0.5) is 0 Å². The Kier molecular flexibility index (Phi) is 4.90. The van der Waals surface area contributed by atoms with Crippen molar-refractivity contribution < 1.29 is 18.4 Å². The summed E-state index contributed by atoms with van der Waals surface area (Å²) in [5.74, 6) is 0.383. The van der Waals surface area contributed by atoms with Gasteiger partial charge in [-0.15, -0.1) is 0 Å². The summed E-state index contributed by atoms with van der Waals surface area (Å²) in [6, 6.07) is 17.4. The molecule has 5 rings (SSSR count). The van der Waals surface area contributed by atoms with Gasteiger partial charge in [0.15, 0.2) is 11.5 Å². The number of carbonyl (C=O) groups excluding carboxylic acids is 1. The molecule has 172 valence electrons. The van der Waals surface area contributed by atoms with Crippen LogP contribution in [0.5, 0.6) is 11.5 Å². The predicted octanol–water partition coefficient (Wildman–Crippen LogP) is 4.86. The highest BCUT2D eigenvalue weighted by atomic mass is 16.5. The first-order valence-electron chi connectivity index (χ1n) is 12.6. The Morgan fingerprint density at radius 3 is 2.68 bits per heavy atom. The fourth-order valence-electron chi connectivity index (χ4n) is 4.65. The Morgan fingerprint density at radius 1 is 1.09 bits per heavy atom. The van der Waals surface area contributed by atoms with Crippen molar-refractivity contribution in [2.75, 3.05) is 20.7 Å². The summed E-state index contributed by atoms with van der Waals surface area (Å²) < 4.78 is 34.8. The number of fused-ring (bicyclic) bond motifs is 2. The summed E-state index contributed by atoms with van der Waals surface area (Å²) in [5.41, 5.74) is 5.65. The number of aromatic nitrogens is 2. The smallest absolute Gasteiger partial charge is 0.246 e. The maximum Gasteiger partial charge on any atom is 0.246 e. The minimum Gasteiger partial charge on any atom is -0.493 e. The number of nitrogens with zero attached hydrogens (tertiary/aromatic N) is 3. The van der Waals surface area contributed by atoms with E-state index >= 15 is 0 Å². The van der Waals surface area contributed by atoms with E-state index in [1.165, 1.54) is 7.11 Å². The zero-order valence-corrected chi connectivity index (χ0v) is 19.1. The first-order valence-corrected chi connectivity index (χ1v) is 11.1. The standard InChI is InChI=1S/C28H27N3O3/c1-30-27(19-8-5-4-6-9-19)22(23-10-7-14-29-28(23)30)11-12-26(32)31-15-13-20-16-24(33-2)25(34-3)17-21(20)18-31/h4-12,14,16-17H,13,15,18H2,1-3H3/b12-11+/i3D3. The van der Waals surface area contributed by atoms with Gasteiger partial charge in [0.05, 0.1) is 24.0 Å². The van der Waals surface area contributed by atoms with E-state index in [0.29, 0.717) is 25.3 Å². The largest absolute Gasteiger partial charge is 0.493 e. The molecule has 0 unspecified atom stereocenters. The fourth-order valence-corrected chi connectivity index (χ4v) is 4.65. The first kappa shape index (κ1) is 18.4. The molecule has 34 heavy (non-hydrogen) atoms. The van der Waals surface area contributed by atoms with Crippen LogP contribution in [0.25, 0.3) is 28.4 Å². The van der Waals surface area contributed by atoms with E-state index in [9.17, 15) is 4.79 Å². The Hall–Kier alpha value is -4.06. The molecule has 0 aliphatic carbocycles. The van der Waals surface area contributed by atoms with Crippen LogP contribution in [0.3, 0.4) is 0 Å². The minimum absolute atomic E-state index is 0.125. The summed E-state index contributed by atoms with van der Waals surface area (Å²) in [6.45, 7) is 0.893. The van der Waals surface area contributed by atoms with Crippen molar-refractivity contribution in [3.05, 3.63) is 83.6 Å². The lowest BCUT2D eigenvalue weighted by Crippen LogP contribution is -2.34. The van der Waals surface area contributed by atoms with Crippen molar-refractivity contribution in [1.29, 1.82) is 0 Å². The fraction of sp³-hybridized carbons (Fsp3) is 0.214. The highest BCUT2D eigenvalue weighted by Crippen LogP contribution is 2.35. The van der Waals surface area contributed by atoms with Gasteiger partial charge in [-0.3, -0.25) is 4.79 Å². The Labute approximate surface area is 203 Å². The predicted molar refractivity (Wildman–Crippen MR) is 134 cm³/mol. The zero-order valence-electron chi connectivity index (χ0n) is 22.1. The molecule has 2 aromatic carbocycles. The van der Waals surface area contributed by atoms with Gasteiger partial charge >= 0.3 is 0 Å². The zero-order chi connectivity index (χ0) is 26.2. The van der Waals surface area contributed by atoms with Gasteiger partial charge in [0.1, 0.15) is 5.65 Å². The summed E-state index contributed by atoms with van der Waals surface area (Å²) in [4.78, 5) is 19.6. The molecule has 2 aromatic heterocycles. The molecule has 0 spiro atoms. The molecular formula is C28H27N3O3. The third-order valence-electron chi connectivity index (χ3n) is 6.34. The molecule has 1 aliphatic heterocycles.